The van der Waals surface area contributed by atoms with E-state index in [0.717, 1.165) is 22.3 Å². The molecule has 6 N–H and O–H groups in total. The summed E-state index contributed by atoms with van der Waals surface area (Å²) in [6, 6.07) is 56.3. The molecule has 0 radical (unpaired) electrons. The van der Waals surface area contributed by atoms with Crippen molar-refractivity contribution in [1.82, 2.24) is 10.6 Å². The molecule has 0 aromatic heterocycles. The van der Waals surface area contributed by atoms with E-state index in [-0.39, 0.29) is 42.2 Å². The molecule has 16 heteroatoms. The largest absolute Gasteiger partial charge is 0.487 e. The summed E-state index contributed by atoms with van der Waals surface area (Å²) < 4.78 is 53.6. The van der Waals surface area contributed by atoms with E-state index in [1.165, 1.54) is 48.5 Å². The van der Waals surface area contributed by atoms with Crippen LogP contribution in [0.4, 0.5) is 35.9 Å². The Kier molecular flexibility index (Phi) is 19.1. The molecule has 2 unspecified atom stereocenters. The Hall–Kier alpha value is -9.04. The highest BCUT2D eigenvalue weighted by Crippen LogP contribution is 2.32. The third-order valence-corrected chi connectivity index (χ3v) is 11.7. The zero-order valence-corrected chi connectivity index (χ0v) is 42.2. The molecule has 2 atom stereocenters. The molecule has 378 valence electrons. The number of benzene rings is 8. The van der Waals surface area contributed by atoms with Gasteiger partial charge in [-0.15, -0.1) is 0 Å². The quantitative estimate of drug-likeness (QED) is 0.0514. The van der Waals surface area contributed by atoms with E-state index in [0.29, 0.717) is 50.0 Å². The van der Waals surface area contributed by atoms with E-state index in [9.17, 15) is 22.8 Å². The van der Waals surface area contributed by atoms with Crippen molar-refractivity contribution in [3.8, 4) is 17.6 Å². The summed E-state index contributed by atoms with van der Waals surface area (Å²) in [6.07, 6.45) is 0. The molecule has 0 heterocycles. The second-order valence-electron chi connectivity index (χ2n) is 16.8. The maximum Gasteiger partial charge on any atom is 0.258 e. The summed E-state index contributed by atoms with van der Waals surface area (Å²) in [5.41, 5.74) is 6.24. The Balaban J connectivity index is 0.000000219. The predicted octanol–water partition coefficient (Wildman–Crippen LogP) is 13.4. The number of ether oxygens (including phenoxy) is 2. The molecular weight excluding hydrogens is 992 g/mol. The van der Waals surface area contributed by atoms with Gasteiger partial charge >= 0.3 is 0 Å². The lowest BCUT2D eigenvalue weighted by molar-refractivity contribution is 0.101. The molecule has 0 bridgehead atoms. The molecule has 0 saturated heterocycles. The van der Waals surface area contributed by atoms with Crippen molar-refractivity contribution in [3.05, 3.63) is 251 Å². The number of carbonyl (C=O) groups excluding carboxylic acids is 2. The van der Waals surface area contributed by atoms with Gasteiger partial charge in [-0.25, -0.2) is 13.2 Å². The fourth-order valence-corrected chi connectivity index (χ4v) is 7.87. The fourth-order valence-electron chi connectivity index (χ4n) is 7.28. The minimum absolute atomic E-state index is 0.0640. The first kappa shape index (κ1) is 53.8. The first-order chi connectivity index (χ1) is 36.3. The van der Waals surface area contributed by atoms with E-state index in [1.807, 2.05) is 86.6 Å². The molecule has 0 saturated carbocycles. The monoisotopic (exact) mass is 1040 g/mol. The third kappa shape index (κ3) is 16.0. The summed E-state index contributed by atoms with van der Waals surface area (Å²) in [5.74, 6) is -1.92. The molecule has 0 spiro atoms. The molecule has 0 aliphatic heterocycles. The van der Waals surface area contributed by atoms with E-state index >= 15 is 0 Å². The average molecular weight is 1040 g/mol. The van der Waals surface area contributed by atoms with E-state index in [2.05, 4.69) is 38.0 Å². The highest BCUT2D eigenvalue weighted by Gasteiger charge is 2.18. The van der Waals surface area contributed by atoms with Gasteiger partial charge in [-0.05, 0) is 133 Å². The number of anilines is 4. The van der Waals surface area contributed by atoms with Crippen molar-refractivity contribution in [3.63, 3.8) is 0 Å². The van der Waals surface area contributed by atoms with Gasteiger partial charge in [0.2, 0.25) is 0 Å². The number of nitriles is 1. The van der Waals surface area contributed by atoms with E-state index in [1.54, 1.807) is 72.8 Å². The van der Waals surface area contributed by atoms with Gasteiger partial charge in [0.15, 0.2) is 10.2 Å². The lowest BCUT2D eigenvalue weighted by Gasteiger charge is -2.19. The third-order valence-electron chi connectivity index (χ3n) is 11.3. The normalized spacial score (nSPS) is 11.2. The molecule has 11 nitrogen and oxygen atoms in total. The lowest BCUT2D eigenvalue weighted by Crippen LogP contribution is -2.30. The number of hydrogen-bond donors (Lipinski definition) is 6. The van der Waals surface area contributed by atoms with Gasteiger partial charge in [0.05, 0.1) is 46.2 Å². The summed E-state index contributed by atoms with van der Waals surface area (Å²) in [5, 5.41) is 27.8. The van der Waals surface area contributed by atoms with Gasteiger partial charge in [-0.2, -0.15) is 5.26 Å². The maximum absolute atomic E-state index is 14.1. The van der Waals surface area contributed by atoms with Crippen LogP contribution in [0.5, 0.6) is 11.5 Å². The summed E-state index contributed by atoms with van der Waals surface area (Å²) >= 11 is 11.0. The Morgan fingerprint density at radius 2 is 0.893 bits per heavy atom. The number of halogens is 3. The Labute approximate surface area is 443 Å². The first-order valence-corrected chi connectivity index (χ1v) is 24.3. The van der Waals surface area contributed by atoms with E-state index < -0.39 is 23.4 Å². The second kappa shape index (κ2) is 26.6. The number of rotatable bonds is 16. The van der Waals surface area contributed by atoms with Crippen LogP contribution in [0.2, 0.25) is 0 Å². The van der Waals surface area contributed by atoms with Crippen LogP contribution in [-0.4, -0.2) is 22.0 Å². The Morgan fingerprint density at radius 1 is 0.507 bits per heavy atom. The number of carbonyl (C=O) groups is 2. The SMILES string of the molecule is CC(NC(=S)Nc1ccc(NC(=O)c2ccccc2F)c(OCc2ccccc2)c1)c1ccc(C#N)cc1.CC(NC(=S)Nc1ccc(NC(=O)c2ccccc2F)c(OCc2ccccc2)c1)c1ccc(F)cc1. The molecule has 8 aromatic rings. The molecule has 0 aliphatic carbocycles. The van der Waals surface area contributed by atoms with Gasteiger partial charge in [0.25, 0.3) is 11.8 Å². The summed E-state index contributed by atoms with van der Waals surface area (Å²) in [4.78, 5) is 25.5. The molecule has 75 heavy (non-hydrogen) atoms. The van der Waals surface area contributed by atoms with Crippen molar-refractivity contribution in [2.24, 2.45) is 0 Å². The molecular formula is C59H50F3N7O4S2. The van der Waals surface area contributed by atoms with Crippen LogP contribution < -0.4 is 41.4 Å². The highest BCUT2D eigenvalue weighted by atomic mass is 32.1. The molecule has 8 rings (SSSR count). The van der Waals surface area contributed by atoms with Gasteiger partial charge in [-0.3, -0.25) is 9.59 Å². The van der Waals surface area contributed by atoms with Crippen LogP contribution in [0.3, 0.4) is 0 Å². The molecule has 8 aromatic carbocycles. The molecule has 0 aliphatic rings. The van der Waals surface area contributed by atoms with Crippen molar-refractivity contribution in [1.29, 1.82) is 5.26 Å². The van der Waals surface area contributed by atoms with Crippen LogP contribution in [0.1, 0.15) is 74.5 Å². The first-order valence-electron chi connectivity index (χ1n) is 23.5. The van der Waals surface area contributed by atoms with Gasteiger partial charge in [-0.1, -0.05) is 109 Å². The Morgan fingerprint density at radius 3 is 1.29 bits per heavy atom. The van der Waals surface area contributed by atoms with Crippen LogP contribution in [-0.2, 0) is 13.2 Å². The zero-order chi connectivity index (χ0) is 53.1. The van der Waals surface area contributed by atoms with Crippen molar-refractivity contribution < 1.29 is 32.2 Å². The van der Waals surface area contributed by atoms with Gasteiger partial charge < -0.3 is 41.4 Å². The second-order valence-corrected chi connectivity index (χ2v) is 17.6. The zero-order valence-electron chi connectivity index (χ0n) is 40.6. The van der Waals surface area contributed by atoms with Crippen LogP contribution in [0.15, 0.2) is 194 Å². The van der Waals surface area contributed by atoms with E-state index in [4.69, 9.17) is 39.2 Å². The molecule has 0 fully saturated rings. The summed E-state index contributed by atoms with van der Waals surface area (Å²) in [6.45, 7) is 4.41. The van der Waals surface area contributed by atoms with Gasteiger partial charge in [0, 0.05) is 23.5 Å². The standard InChI is InChI=1S/C30H25FN4O2S.C29H25F2N3O2S/c1-20(23-13-11-21(18-32)12-14-23)33-30(38)34-24-15-16-27(35-29(36)25-9-5-6-10-26(25)31)28(17-24)37-19-22-7-3-2-4-8-22;1-19(21-11-13-22(30)14-12-21)32-29(37)33-23-15-16-26(34-28(35)24-9-5-6-10-25(24)31)27(17-23)36-18-20-7-3-2-4-8-20/h2-17,20H,19H2,1H3,(H,35,36)(H2,33,34,38);2-17,19H,18H2,1H3,(H,34,35)(H2,32,33,37). The maximum atomic E-state index is 14.1. The van der Waals surface area contributed by atoms with Crippen molar-refractivity contribution >= 4 is 69.2 Å². The van der Waals surface area contributed by atoms with Crippen LogP contribution in [0.25, 0.3) is 0 Å². The number of nitrogens with one attached hydrogen (secondary N) is 6. The van der Waals surface area contributed by atoms with Gasteiger partial charge in [0.1, 0.15) is 42.2 Å². The van der Waals surface area contributed by atoms with Crippen molar-refractivity contribution in [2.75, 3.05) is 21.3 Å². The Bertz CT molecular complexity index is 3290. The van der Waals surface area contributed by atoms with Crippen LogP contribution in [0, 0.1) is 28.8 Å². The minimum Gasteiger partial charge on any atom is -0.487 e. The van der Waals surface area contributed by atoms with Crippen molar-refractivity contribution in [2.45, 2.75) is 39.1 Å². The van der Waals surface area contributed by atoms with Crippen LogP contribution >= 0.6 is 24.4 Å². The minimum atomic E-state index is -0.614. The summed E-state index contributed by atoms with van der Waals surface area (Å²) in [7, 11) is 0. The lowest BCUT2D eigenvalue weighted by atomic mass is 10.1. The fraction of sp³-hybridized carbons (Fsp3) is 0.102. The molecule has 2 amide bonds. The number of thiocarbonyl (C=S) groups is 2. The predicted molar refractivity (Wildman–Crippen MR) is 296 cm³/mol. The number of hydrogen-bond acceptors (Lipinski definition) is 7. The number of amides is 2. The topological polar surface area (TPSA) is 149 Å². The smallest absolute Gasteiger partial charge is 0.258 e. The average Bonchev–Trinajstić information content (AvgIpc) is 3.42. The highest BCUT2D eigenvalue weighted by molar-refractivity contribution is 7.80. The number of nitrogens with zero attached hydrogens (tertiary/aromatic N) is 1.